The summed E-state index contributed by atoms with van der Waals surface area (Å²) in [7, 11) is 1.98. The molecule has 7 nitrogen and oxygen atoms in total. The summed E-state index contributed by atoms with van der Waals surface area (Å²) in [4.78, 5) is 10.9. The van der Waals surface area contributed by atoms with Crippen LogP contribution in [0.4, 0.5) is 5.69 Å². The molecule has 7 heteroatoms. The van der Waals surface area contributed by atoms with Gasteiger partial charge in [-0.1, -0.05) is 12.1 Å². The van der Waals surface area contributed by atoms with E-state index in [2.05, 4.69) is 31.1 Å². The molecule has 0 unspecified atom stereocenters. The normalized spacial score (nSPS) is 15.0. The van der Waals surface area contributed by atoms with Crippen LogP contribution >= 0.6 is 0 Å². The maximum Gasteiger partial charge on any atom is 0.135 e. The Hall–Kier alpha value is -3.27. The Morgan fingerprint density at radius 2 is 2.04 bits per heavy atom. The van der Waals surface area contributed by atoms with E-state index in [1.165, 1.54) is 0 Å². The van der Waals surface area contributed by atoms with Crippen molar-refractivity contribution in [1.82, 2.24) is 24.7 Å². The number of benzene rings is 1. The molecule has 0 amide bonds. The Labute approximate surface area is 152 Å². The van der Waals surface area contributed by atoms with Gasteiger partial charge in [-0.3, -0.25) is 9.97 Å². The number of rotatable bonds is 3. The summed E-state index contributed by atoms with van der Waals surface area (Å²) in [6.07, 6.45) is 8.78. The van der Waals surface area contributed by atoms with Crippen LogP contribution < -0.4 is 4.90 Å². The molecule has 0 saturated carbocycles. The lowest BCUT2D eigenvalue weighted by molar-refractivity contribution is 0.474. The molecule has 0 radical (unpaired) electrons. The summed E-state index contributed by atoms with van der Waals surface area (Å²) < 4.78 is 1.99. The third-order valence-corrected chi connectivity index (χ3v) is 4.92. The van der Waals surface area contributed by atoms with Crippen molar-refractivity contribution >= 4 is 5.69 Å². The third-order valence-electron chi connectivity index (χ3n) is 4.92. The summed E-state index contributed by atoms with van der Waals surface area (Å²) in [5.41, 5.74) is 3.36. The minimum atomic E-state index is 0.396. The van der Waals surface area contributed by atoms with Crippen LogP contribution in [0.25, 0.3) is 11.3 Å². The standard InChI is InChI=1S/C19H19N7/c1-25-13-23-24-19(25)14-5-9-26(10-6-14)18-15(11-20)3-2-4-16(18)17-12-21-7-8-22-17/h2-4,7-8,12-14H,5-6,9-10H2,1H3. The van der Waals surface area contributed by atoms with Gasteiger partial charge in [0.2, 0.25) is 0 Å². The zero-order chi connectivity index (χ0) is 17.9. The molecule has 0 bridgehead atoms. The molecule has 0 atom stereocenters. The average Bonchev–Trinajstić information content (AvgIpc) is 3.14. The van der Waals surface area contributed by atoms with Crippen LogP contribution in [0.2, 0.25) is 0 Å². The second kappa shape index (κ2) is 6.92. The zero-order valence-corrected chi connectivity index (χ0v) is 14.6. The van der Waals surface area contributed by atoms with Crippen molar-refractivity contribution in [2.24, 2.45) is 7.05 Å². The summed E-state index contributed by atoms with van der Waals surface area (Å²) in [6.45, 7) is 1.73. The van der Waals surface area contributed by atoms with Crippen molar-refractivity contribution in [1.29, 1.82) is 5.26 Å². The van der Waals surface area contributed by atoms with Crippen molar-refractivity contribution in [2.45, 2.75) is 18.8 Å². The van der Waals surface area contributed by atoms with E-state index >= 15 is 0 Å². The maximum atomic E-state index is 9.62. The van der Waals surface area contributed by atoms with E-state index in [1.54, 1.807) is 24.9 Å². The molecule has 1 fully saturated rings. The van der Waals surface area contributed by atoms with Crippen molar-refractivity contribution in [2.75, 3.05) is 18.0 Å². The lowest BCUT2D eigenvalue weighted by Gasteiger charge is -2.34. The van der Waals surface area contributed by atoms with Crippen LogP contribution in [0, 0.1) is 11.3 Å². The highest BCUT2D eigenvalue weighted by Crippen LogP contribution is 2.36. The highest BCUT2D eigenvalue weighted by molar-refractivity contribution is 5.81. The van der Waals surface area contributed by atoms with Crippen molar-refractivity contribution in [3.63, 3.8) is 0 Å². The second-order valence-corrected chi connectivity index (χ2v) is 6.47. The van der Waals surface area contributed by atoms with E-state index in [4.69, 9.17) is 0 Å². The van der Waals surface area contributed by atoms with Crippen molar-refractivity contribution in [3.05, 3.63) is 54.5 Å². The van der Waals surface area contributed by atoms with Gasteiger partial charge in [-0.05, 0) is 18.9 Å². The van der Waals surface area contributed by atoms with Gasteiger partial charge in [0.15, 0.2) is 0 Å². The summed E-state index contributed by atoms with van der Waals surface area (Å²) in [5, 5.41) is 17.9. The molecule has 1 aromatic carbocycles. The zero-order valence-electron chi connectivity index (χ0n) is 14.6. The molecule has 1 saturated heterocycles. The van der Waals surface area contributed by atoms with E-state index in [9.17, 15) is 5.26 Å². The van der Waals surface area contributed by atoms with E-state index in [-0.39, 0.29) is 0 Å². The highest BCUT2D eigenvalue weighted by Gasteiger charge is 2.27. The van der Waals surface area contributed by atoms with E-state index in [0.717, 1.165) is 48.7 Å². The van der Waals surface area contributed by atoms with Gasteiger partial charge in [-0.15, -0.1) is 10.2 Å². The largest absolute Gasteiger partial charge is 0.370 e. The summed E-state index contributed by atoms with van der Waals surface area (Å²) in [6, 6.07) is 8.11. The first kappa shape index (κ1) is 16.2. The molecule has 1 aliphatic rings. The topological polar surface area (TPSA) is 83.5 Å². The van der Waals surface area contributed by atoms with Crippen LogP contribution in [0.15, 0.2) is 43.1 Å². The second-order valence-electron chi connectivity index (χ2n) is 6.47. The fourth-order valence-electron chi connectivity index (χ4n) is 3.64. The first-order chi connectivity index (χ1) is 12.8. The Balaban J connectivity index is 1.64. The van der Waals surface area contributed by atoms with Gasteiger partial charge in [0, 0.05) is 44.0 Å². The van der Waals surface area contributed by atoms with Crippen LogP contribution in [-0.4, -0.2) is 37.8 Å². The summed E-state index contributed by atoms with van der Waals surface area (Å²) in [5.74, 6) is 1.43. The molecule has 0 N–H and O–H groups in total. The first-order valence-electron chi connectivity index (χ1n) is 8.66. The van der Waals surface area contributed by atoms with Crippen molar-refractivity contribution < 1.29 is 0 Å². The number of nitriles is 1. The summed E-state index contributed by atoms with van der Waals surface area (Å²) >= 11 is 0. The van der Waals surface area contributed by atoms with Gasteiger partial charge in [-0.2, -0.15) is 5.26 Å². The van der Waals surface area contributed by atoms with Crippen LogP contribution in [-0.2, 0) is 7.05 Å². The Morgan fingerprint density at radius 1 is 1.19 bits per heavy atom. The van der Waals surface area contributed by atoms with Crippen LogP contribution in [0.3, 0.4) is 0 Å². The Kier molecular flexibility index (Phi) is 4.32. The molecule has 3 heterocycles. The van der Waals surface area contributed by atoms with Gasteiger partial charge in [0.05, 0.1) is 23.1 Å². The smallest absolute Gasteiger partial charge is 0.135 e. The lowest BCUT2D eigenvalue weighted by Crippen LogP contribution is -2.34. The Bertz CT molecular complexity index is 934. The van der Waals surface area contributed by atoms with Gasteiger partial charge in [0.1, 0.15) is 18.2 Å². The predicted molar refractivity (Wildman–Crippen MR) is 97.4 cm³/mol. The molecule has 3 aromatic rings. The number of aryl methyl sites for hydroxylation is 1. The number of nitrogens with zero attached hydrogens (tertiary/aromatic N) is 7. The fraction of sp³-hybridized carbons (Fsp3) is 0.316. The first-order valence-corrected chi connectivity index (χ1v) is 8.66. The Morgan fingerprint density at radius 3 is 2.69 bits per heavy atom. The van der Waals surface area contributed by atoms with Gasteiger partial charge >= 0.3 is 0 Å². The molecule has 130 valence electrons. The number of hydrogen-bond donors (Lipinski definition) is 0. The molecule has 0 aliphatic carbocycles. The molecule has 0 spiro atoms. The molecular weight excluding hydrogens is 326 g/mol. The number of para-hydroxylation sites is 1. The van der Waals surface area contributed by atoms with Gasteiger partial charge < -0.3 is 9.47 Å². The van der Waals surface area contributed by atoms with Crippen LogP contribution in [0.1, 0.15) is 30.1 Å². The van der Waals surface area contributed by atoms with Crippen molar-refractivity contribution in [3.8, 4) is 17.3 Å². The third kappa shape index (κ3) is 2.90. The average molecular weight is 345 g/mol. The number of piperidine rings is 1. The SMILES string of the molecule is Cn1cnnc1C1CCN(c2c(C#N)cccc2-c2cnccn2)CC1. The molecule has 2 aromatic heterocycles. The van der Waals surface area contributed by atoms with E-state index < -0.39 is 0 Å². The number of hydrogen-bond acceptors (Lipinski definition) is 6. The molecule has 4 rings (SSSR count). The minimum absolute atomic E-state index is 0.396. The number of anilines is 1. The molecule has 26 heavy (non-hydrogen) atoms. The maximum absolute atomic E-state index is 9.62. The molecule has 1 aliphatic heterocycles. The molecular formula is C19H19N7. The van der Waals surface area contributed by atoms with Gasteiger partial charge in [0.25, 0.3) is 0 Å². The monoisotopic (exact) mass is 345 g/mol. The quantitative estimate of drug-likeness (QED) is 0.725. The lowest BCUT2D eigenvalue weighted by atomic mass is 9.94. The van der Waals surface area contributed by atoms with Crippen LogP contribution in [0.5, 0.6) is 0 Å². The minimum Gasteiger partial charge on any atom is -0.370 e. The van der Waals surface area contributed by atoms with Gasteiger partial charge in [-0.25, -0.2) is 0 Å². The van der Waals surface area contributed by atoms with E-state index in [0.29, 0.717) is 11.5 Å². The predicted octanol–water partition coefficient (Wildman–Crippen LogP) is 2.53. The number of aromatic nitrogens is 5. The van der Waals surface area contributed by atoms with E-state index in [1.807, 2.05) is 29.8 Å². The highest BCUT2D eigenvalue weighted by atomic mass is 15.3. The fourth-order valence-corrected chi connectivity index (χ4v) is 3.64.